The van der Waals surface area contributed by atoms with E-state index in [1.54, 1.807) is 0 Å². The summed E-state index contributed by atoms with van der Waals surface area (Å²) >= 11 is 0. The molecule has 1 aromatic heterocycles. The largest absolute Gasteiger partial charge is 0.503 e. The number of hydrogen-bond acceptors (Lipinski definition) is 6. The van der Waals surface area contributed by atoms with Crippen molar-refractivity contribution in [1.82, 2.24) is 10.3 Å². The maximum Gasteiger partial charge on any atom is 0.325 e. The Kier molecular flexibility index (Phi) is 6.76. The highest BCUT2D eigenvalue weighted by Gasteiger charge is 2.21. The quantitative estimate of drug-likeness (QED) is 0.725. The van der Waals surface area contributed by atoms with Crippen LogP contribution in [0.15, 0.2) is 36.5 Å². The highest BCUT2D eigenvalue weighted by Crippen LogP contribution is 2.27. The molecular formula is C20H24N2O5. The first-order valence-electron chi connectivity index (χ1n) is 8.60. The minimum absolute atomic E-state index is 0.00921. The number of esters is 1. The lowest BCUT2D eigenvalue weighted by Gasteiger charge is -2.22. The molecule has 2 aromatic rings. The summed E-state index contributed by atoms with van der Waals surface area (Å²) in [5, 5.41) is 12.3. The number of aromatic hydroxyl groups is 1. The van der Waals surface area contributed by atoms with Gasteiger partial charge in [-0.1, -0.05) is 31.2 Å². The summed E-state index contributed by atoms with van der Waals surface area (Å²) in [6.45, 7) is 5.47. The number of methoxy groups -OCH3 is 1. The Bertz CT molecular complexity index is 822. The molecule has 2 N–H and O–H groups in total. The Morgan fingerprint density at radius 1 is 1.22 bits per heavy atom. The van der Waals surface area contributed by atoms with Crippen LogP contribution in [0.3, 0.4) is 0 Å². The predicted molar refractivity (Wildman–Crippen MR) is 99.9 cm³/mol. The molecule has 0 aliphatic rings. The Balaban J connectivity index is 1.92. The van der Waals surface area contributed by atoms with E-state index in [4.69, 9.17) is 9.47 Å². The van der Waals surface area contributed by atoms with Crippen LogP contribution in [-0.2, 0) is 9.53 Å². The maximum atomic E-state index is 12.1. The molecule has 1 amide bonds. The van der Waals surface area contributed by atoms with Crippen LogP contribution in [-0.4, -0.2) is 41.7 Å². The zero-order valence-corrected chi connectivity index (χ0v) is 15.9. The SMILES string of the molecule is COc1ccnc(C(=O)NCC(=O)O[C@H](C)[C@@H](C)c2ccccc2C)c1O. The number of aromatic nitrogens is 1. The van der Waals surface area contributed by atoms with Crippen molar-refractivity contribution < 1.29 is 24.2 Å². The second-order valence-electron chi connectivity index (χ2n) is 6.23. The molecule has 7 heteroatoms. The molecule has 144 valence electrons. The van der Waals surface area contributed by atoms with Crippen LogP contribution in [0.2, 0.25) is 0 Å². The lowest BCUT2D eigenvalue weighted by Crippen LogP contribution is -2.33. The molecule has 2 rings (SSSR count). The standard InChI is InChI=1S/C20H24N2O5/c1-12-7-5-6-8-15(12)13(2)14(3)27-17(23)11-22-20(25)18-19(24)16(26-4)9-10-21-18/h5-10,13-14,24H,11H2,1-4H3,(H,22,25)/t13-,14-/m1/s1. The third kappa shape index (κ3) is 4.97. The summed E-state index contributed by atoms with van der Waals surface area (Å²) in [5.41, 5.74) is 2.01. The number of nitrogens with zero attached hydrogens (tertiary/aromatic N) is 1. The first kappa shape index (κ1) is 20.2. The van der Waals surface area contributed by atoms with Crippen LogP contribution >= 0.6 is 0 Å². The van der Waals surface area contributed by atoms with Gasteiger partial charge in [-0.25, -0.2) is 4.98 Å². The van der Waals surface area contributed by atoms with Gasteiger partial charge in [-0.15, -0.1) is 0 Å². The van der Waals surface area contributed by atoms with Gasteiger partial charge in [0.15, 0.2) is 17.2 Å². The van der Waals surface area contributed by atoms with Crippen LogP contribution in [0.4, 0.5) is 0 Å². The number of pyridine rings is 1. The second-order valence-corrected chi connectivity index (χ2v) is 6.23. The Hall–Kier alpha value is -3.09. The molecule has 0 aliphatic heterocycles. The number of carbonyl (C=O) groups excluding carboxylic acids is 2. The summed E-state index contributed by atoms with van der Waals surface area (Å²) in [6, 6.07) is 9.34. The number of carbonyl (C=O) groups is 2. The maximum absolute atomic E-state index is 12.1. The second kappa shape index (κ2) is 9.02. The molecule has 0 unspecified atom stereocenters. The predicted octanol–water partition coefficient (Wildman–Crippen LogP) is 2.57. The Morgan fingerprint density at radius 2 is 1.93 bits per heavy atom. The van der Waals surface area contributed by atoms with E-state index >= 15 is 0 Å². The third-order valence-electron chi connectivity index (χ3n) is 4.42. The van der Waals surface area contributed by atoms with Crippen LogP contribution in [0, 0.1) is 6.92 Å². The van der Waals surface area contributed by atoms with Crippen molar-refractivity contribution >= 4 is 11.9 Å². The first-order valence-corrected chi connectivity index (χ1v) is 8.60. The lowest BCUT2D eigenvalue weighted by atomic mass is 9.92. The minimum atomic E-state index is -0.692. The van der Waals surface area contributed by atoms with E-state index in [2.05, 4.69) is 10.3 Å². The van der Waals surface area contributed by atoms with Crippen molar-refractivity contribution in [2.75, 3.05) is 13.7 Å². The zero-order valence-electron chi connectivity index (χ0n) is 15.9. The highest BCUT2D eigenvalue weighted by molar-refractivity contribution is 5.97. The molecule has 0 spiro atoms. The van der Waals surface area contributed by atoms with Crippen LogP contribution in [0.5, 0.6) is 11.5 Å². The van der Waals surface area contributed by atoms with E-state index in [9.17, 15) is 14.7 Å². The van der Waals surface area contributed by atoms with Crippen molar-refractivity contribution in [3.63, 3.8) is 0 Å². The molecule has 0 fully saturated rings. The molecule has 27 heavy (non-hydrogen) atoms. The van der Waals surface area contributed by atoms with Gasteiger partial charge < -0.3 is 19.9 Å². The molecule has 2 atom stereocenters. The third-order valence-corrected chi connectivity index (χ3v) is 4.42. The number of benzene rings is 1. The fraction of sp³-hybridized carbons (Fsp3) is 0.350. The van der Waals surface area contributed by atoms with Crippen molar-refractivity contribution in [3.05, 3.63) is 53.3 Å². The van der Waals surface area contributed by atoms with Gasteiger partial charge in [0.2, 0.25) is 0 Å². The molecule has 0 saturated carbocycles. The number of amides is 1. The minimum Gasteiger partial charge on any atom is -0.503 e. The van der Waals surface area contributed by atoms with Crippen molar-refractivity contribution in [3.8, 4) is 11.5 Å². The molecule has 7 nitrogen and oxygen atoms in total. The van der Waals surface area contributed by atoms with Gasteiger partial charge >= 0.3 is 5.97 Å². The number of hydrogen-bond donors (Lipinski definition) is 2. The zero-order chi connectivity index (χ0) is 20.0. The molecule has 0 bridgehead atoms. The molecule has 0 saturated heterocycles. The Morgan fingerprint density at radius 3 is 2.59 bits per heavy atom. The topological polar surface area (TPSA) is 97.8 Å². The highest BCUT2D eigenvalue weighted by atomic mass is 16.5. The normalized spacial score (nSPS) is 12.7. The van der Waals surface area contributed by atoms with Gasteiger partial charge in [0, 0.05) is 18.2 Å². The smallest absolute Gasteiger partial charge is 0.325 e. The summed E-state index contributed by atoms with van der Waals surface area (Å²) in [7, 11) is 1.37. The molecular weight excluding hydrogens is 348 g/mol. The van der Waals surface area contributed by atoms with Crippen LogP contribution < -0.4 is 10.1 Å². The van der Waals surface area contributed by atoms with Crippen molar-refractivity contribution in [2.24, 2.45) is 0 Å². The number of nitrogens with one attached hydrogen (secondary N) is 1. The van der Waals surface area contributed by atoms with Gasteiger partial charge in [-0.3, -0.25) is 9.59 Å². The van der Waals surface area contributed by atoms with E-state index in [0.717, 1.165) is 11.1 Å². The van der Waals surface area contributed by atoms with Crippen molar-refractivity contribution in [1.29, 1.82) is 0 Å². The van der Waals surface area contributed by atoms with Crippen LogP contribution in [0.1, 0.15) is 41.4 Å². The summed E-state index contributed by atoms with van der Waals surface area (Å²) in [5.74, 6) is -1.51. The average Bonchev–Trinajstić information content (AvgIpc) is 2.66. The lowest BCUT2D eigenvalue weighted by molar-refractivity contribution is -0.147. The van der Waals surface area contributed by atoms with Gasteiger partial charge in [-0.2, -0.15) is 0 Å². The molecule has 1 heterocycles. The van der Waals surface area contributed by atoms with E-state index in [0.29, 0.717) is 0 Å². The summed E-state index contributed by atoms with van der Waals surface area (Å²) < 4.78 is 10.4. The number of ether oxygens (including phenoxy) is 2. The van der Waals surface area contributed by atoms with Gasteiger partial charge in [0.25, 0.3) is 5.91 Å². The van der Waals surface area contributed by atoms with Gasteiger partial charge in [-0.05, 0) is 25.0 Å². The van der Waals surface area contributed by atoms with E-state index in [1.807, 2.05) is 45.0 Å². The molecule has 1 aromatic carbocycles. The van der Waals surface area contributed by atoms with Crippen LogP contribution in [0.25, 0.3) is 0 Å². The Labute approximate surface area is 158 Å². The monoisotopic (exact) mass is 372 g/mol. The fourth-order valence-corrected chi connectivity index (χ4v) is 2.70. The molecule has 0 radical (unpaired) electrons. The van der Waals surface area contributed by atoms with Gasteiger partial charge in [0.1, 0.15) is 12.6 Å². The van der Waals surface area contributed by atoms with E-state index in [1.165, 1.54) is 19.4 Å². The summed E-state index contributed by atoms with van der Waals surface area (Å²) in [6.07, 6.45) is 0.969. The van der Waals surface area contributed by atoms with Gasteiger partial charge in [0.05, 0.1) is 7.11 Å². The first-order chi connectivity index (χ1) is 12.8. The summed E-state index contributed by atoms with van der Waals surface area (Å²) in [4.78, 5) is 28.0. The number of rotatable bonds is 7. The molecule has 0 aliphatic carbocycles. The van der Waals surface area contributed by atoms with E-state index < -0.39 is 11.9 Å². The fourth-order valence-electron chi connectivity index (χ4n) is 2.70. The van der Waals surface area contributed by atoms with E-state index in [-0.39, 0.29) is 35.8 Å². The number of aryl methyl sites for hydroxylation is 1. The average molecular weight is 372 g/mol. The van der Waals surface area contributed by atoms with Crippen molar-refractivity contribution in [2.45, 2.75) is 32.8 Å².